The fourth-order valence-electron chi connectivity index (χ4n) is 3.71. The molecule has 3 aromatic heterocycles. The monoisotopic (exact) mass is 494 g/mol. The molecule has 0 fully saturated rings. The van der Waals surface area contributed by atoms with E-state index in [4.69, 9.17) is 23.2 Å². The molecule has 0 saturated carbocycles. The first-order valence-corrected chi connectivity index (χ1v) is 11.0. The Morgan fingerprint density at radius 3 is 1.74 bits per heavy atom. The number of halogens is 2. The number of hydrogen-bond donors (Lipinski definition) is 3. The van der Waals surface area contributed by atoms with Gasteiger partial charge in [0.1, 0.15) is 11.6 Å². The summed E-state index contributed by atoms with van der Waals surface area (Å²) in [6.07, 6.45) is 4.50. The Labute approximate surface area is 206 Å². The first kappa shape index (κ1) is 23.4. The molecule has 0 radical (unpaired) electrons. The van der Waals surface area contributed by atoms with E-state index in [-0.39, 0.29) is 0 Å². The van der Waals surface area contributed by atoms with E-state index in [1.54, 1.807) is 56.4 Å². The van der Waals surface area contributed by atoms with Crippen LogP contribution in [0.2, 0.25) is 10.0 Å². The summed E-state index contributed by atoms with van der Waals surface area (Å²) in [6, 6.07) is 11.8. The molecular weight excluding hydrogens is 475 g/mol. The number of nitrogens with one attached hydrogen (secondary N) is 3. The standard InChI is InChI=1S/C24H20Cl2N6O2/c1-13-20(23(33)31-18-8-6-15(25)11-28-18)22(17-5-3-4-10-27-17)21(14(2)30-13)24(34)32-19-9-7-16(26)12-29-19/h3-12,22,30H,1-2H3,(H,28,31,33)(H,29,32,34). The quantitative estimate of drug-likeness (QED) is 0.474. The van der Waals surface area contributed by atoms with Crippen LogP contribution in [0.15, 0.2) is 83.6 Å². The summed E-state index contributed by atoms with van der Waals surface area (Å²) in [5.74, 6) is -0.910. The van der Waals surface area contributed by atoms with Crippen molar-refractivity contribution in [3.63, 3.8) is 0 Å². The molecule has 1 aliphatic heterocycles. The summed E-state index contributed by atoms with van der Waals surface area (Å²) < 4.78 is 0. The van der Waals surface area contributed by atoms with Crippen molar-refractivity contribution in [2.45, 2.75) is 19.8 Å². The summed E-state index contributed by atoms with van der Waals surface area (Å²) in [5, 5.41) is 9.63. The van der Waals surface area contributed by atoms with E-state index < -0.39 is 17.7 Å². The van der Waals surface area contributed by atoms with Crippen LogP contribution >= 0.6 is 23.2 Å². The lowest BCUT2D eigenvalue weighted by molar-refractivity contribution is -0.113. The highest BCUT2D eigenvalue weighted by molar-refractivity contribution is 6.30. The van der Waals surface area contributed by atoms with E-state index in [0.29, 0.717) is 49.9 Å². The molecule has 0 aliphatic carbocycles. The molecule has 0 saturated heterocycles. The maximum Gasteiger partial charge on any atom is 0.255 e. The molecule has 8 nitrogen and oxygen atoms in total. The summed E-state index contributed by atoms with van der Waals surface area (Å²) in [7, 11) is 0. The number of hydrogen-bond acceptors (Lipinski definition) is 6. The minimum absolute atomic E-state index is 0.331. The zero-order valence-corrected chi connectivity index (χ0v) is 19.8. The van der Waals surface area contributed by atoms with Gasteiger partial charge >= 0.3 is 0 Å². The van der Waals surface area contributed by atoms with Crippen molar-refractivity contribution >= 4 is 46.7 Å². The Kier molecular flexibility index (Phi) is 6.90. The van der Waals surface area contributed by atoms with Crippen LogP contribution in [0.25, 0.3) is 0 Å². The van der Waals surface area contributed by atoms with Gasteiger partial charge in [-0.2, -0.15) is 0 Å². The molecule has 1 aliphatic rings. The Balaban J connectivity index is 1.72. The topological polar surface area (TPSA) is 109 Å². The Morgan fingerprint density at radius 1 is 0.794 bits per heavy atom. The molecule has 0 unspecified atom stereocenters. The zero-order chi connectivity index (χ0) is 24.2. The maximum atomic E-state index is 13.4. The van der Waals surface area contributed by atoms with Crippen LogP contribution in [0.3, 0.4) is 0 Å². The predicted octanol–water partition coefficient (Wildman–Crippen LogP) is 4.69. The van der Waals surface area contributed by atoms with Gasteiger partial charge < -0.3 is 16.0 Å². The summed E-state index contributed by atoms with van der Waals surface area (Å²) in [6.45, 7) is 3.55. The van der Waals surface area contributed by atoms with Crippen LogP contribution < -0.4 is 16.0 Å². The molecule has 2 amide bonds. The van der Waals surface area contributed by atoms with Crippen molar-refractivity contribution in [2.24, 2.45) is 0 Å². The highest BCUT2D eigenvalue weighted by atomic mass is 35.5. The molecule has 3 N–H and O–H groups in total. The second kappa shape index (κ2) is 10.0. The summed E-state index contributed by atoms with van der Waals surface area (Å²) in [4.78, 5) is 39.6. The van der Waals surface area contributed by atoms with Crippen molar-refractivity contribution in [1.29, 1.82) is 0 Å². The van der Waals surface area contributed by atoms with Gasteiger partial charge in [-0.3, -0.25) is 14.6 Å². The number of pyridine rings is 3. The second-order valence-corrected chi connectivity index (χ2v) is 8.39. The first-order valence-electron chi connectivity index (χ1n) is 10.3. The van der Waals surface area contributed by atoms with Gasteiger partial charge in [0.25, 0.3) is 11.8 Å². The summed E-state index contributed by atoms with van der Waals surface area (Å²) >= 11 is 11.8. The Morgan fingerprint density at radius 2 is 1.32 bits per heavy atom. The zero-order valence-electron chi connectivity index (χ0n) is 18.3. The third-order valence-electron chi connectivity index (χ3n) is 5.17. The summed E-state index contributed by atoms with van der Waals surface area (Å²) in [5.41, 5.74) is 2.43. The van der Waals surface area contributed by atoms with Crippen molar-refractivity contribution < 1.29 is 9.59 Å². The molecule has 4 rings (SSSR count). The molecule has 10 heteroatoms. The smallest absolute Gasteiger partial charge is 0.255 e. The third kappa shape index (κ3) is 5.08. The van der Waals surface area contributed by atoms with E-state index in [9.17, 15) is 9.59 Å². The molecule has 34 heavy (non-hydrogen) atoms. The van der Waals surface area contributed by atoms with Gasteiger partial charge in [-0.05, 0) is 50.2 Å². The van der Waals surface area contributed by atoms with Crippen LogP contribution in [-0.2, 0) is 9.59 Å². The van der Waals surface area contributed by atoms with Gasteiger partial charge in [-0.25, -0.2) is 9.97 Å². The van der Waals surface area contributed by atoms with Crippen LogP contribution in [0.4, 0.5) is 11.6 Å². The van der Waals surface area contributed by atoms with E-state index in [0.717, 1.165) is 0 Å². The number of amides is 2. The molecule has 0 atom stereocenters. The van der Waals surface area contributed by atoms with Gasteiger partial charge in [0.15, 0.2) is 0 Å². The lowest BCUT2D eigenvalue weighted by atomic mass is 9.82. The average molecular weight is 495 g/mol. The van der Waals surface area contributed by atoms with Crippen molar-refractivity contribution in [2.75, 3.05) is 10.6 Å². The molecule has 4 heterocycles. The van der Waals surface area contributed by atoms with Gasteiger partial charge in [-0.1, -0.05) is 29.3 Å². The number of nitrogens with zero attached hydrogens (tertiary/aromatic N) is 3. The van der Waals surface area contributed by atoms with Crippen molar-refractivity contribution in [3.8, 4) is 0 Å². The molecular formula is C24H20Cl2N6O2. The number of aromatic nitrogens is 3. The molecule has 172 valence electrons. The number of carbonyl (C=O) groups is 2. The average Bonchev–Trinajstić information content (AvgIpc) is 2.82. The minimum atomic E-state index is -0.734. The molecule has 0 bridgehead atoms. The minimum Gasteiger partial charge on any atom is -0.362 e. The lowest BCUT2D eigenvalue weighted by Gasteiger charge is -2.30. The predicted molar refractivity (Wildman–Crippen MR) is 131 cm³/mol. The SMILES string of the molecule is CC1=C(C(=O)Nc2ccc(Cl)cn2)C(c2ccccn2)C(C(=O)Nc2ccc(Cl)cn2)=C(C)N1. The van der Waals surface area contributed by atoms with Crippen LogP contribution in [0.5, 0.6) is 0 Å². The Bertz CT molecular complexity index is 1210. The highest BCUT2D eigenvalue weighted by Gasteiger charge is 2.37. The molecule has 0 aromatic carbocycles. The molecule has 0 spiro atoms. The van der Waals surface area contributed by atoms with Crippen LogP contribution in [0, 0.1) is 0 Å². The van der Waals surface area contributed by atoms with E-state index in [1.807, 2.05) is 6.07 Å². The first-order chi connectivity index (χ1) is 16.3. The maximum absolute atomic E-state index is 13.4. The van der Waals surface area contributed by atoms with Crippen LogP contribution in [-0.4, -0.2) is 26.8 Å². The highest BCUT2D eigenvalue weighted by Crippen LogP contribution is 2.38. The fraction of sp³-hybridized carbons (Fsp3) is 0.125. The van der Waals surface area contributed by atoms with Gasteiger partial charge in [0.2, 0.25) is 0 Å². The normalized spacial score (nSPS) is 14.0. The number of anilines is 2. The number of allylic oxidation sites excluding steroid dienone is 2. The second-order valence-electron chi connectivity index (χ2n) is 7.52. The number of carbonyl (C=O) groups excluding carboxylic acids is 2. The fourth-order valence-corrected chi connectivity index (χ4v) is 3.93. The van der Waals surface area contributed by atoms with Gasteiger partial charge in [0.05, 0.1) is 21.7 Å². The van der Waals surface area contributed by atoms with Gasteiger partial charge in [-0.15, -0.1) is 0 Å². The van der Waals surface area contributed by atoms with E-state index >= 15 is 0 Å². The van der Waals surface area contributed by atoms with Gasteiger partial charge in [0, 0.05) is 41.1 Å². The lowest BCUT2D eigenvalue weighted by Crippen LogP contribution is -2.35. The molecule has 3 aromatic rings. The largest absolute Gasteiger partial charge is 0.362 e. The third-order valence-corrected chi connectivity index (χ3v) is 5.62. The number of dihydropyridines is 1. The van der Waals surface area contributed by atoms with Crippen molar-refractivity contribution in [1.82, 2.24) is 20.3 Å². The van der Waals surface area contributed by atoms with E-state index in [2.05, 4.69) is 30.9 Å². The van der Waals surface area contributed by atoms with E-state index in [1.165, 1.54) is 12.4 Å². The van der Waals surface area contributed by atoms with Crippen molar-refractivity contribution in [3.05, 3.63) is 99.3 Å². The van der Waals surface area contributed by atoms with Crippen LogP contribution in [0.1, 0.15) is 25.5 Å². The Hall–Kier alpha value is -3.75. The number of rotatable bonds is 5.